The summed E-state index contributed by atoms with van der Waals surface area (Å²) >= 11 is 4.89. The van der Waals surface area contributed by atoms with Crippen molar-refractivity contribution >= 4 is 27.3 Å². The fraction of sp³-hybridized carbons (Fsp3) is 0.167. The van der Waals surface area contributed by atoms with Gasteiger partial charge in [-0.15, -0.1) is 0 Å². The zero-order chi connectivity index (χ0) is 12.4. The molecule has 1 aromatic heterocycles. The van der Waals surface area contributed by atoms with Crippen LogP contribution in [-0.4, -0.2) is 12.2 Å². The number of ether oxygens (including phenoxy) is 1. The smallest absolute Gasteiger partial charge is 0.172 e. The van der Waals surface area contributed by atoms with E-state index >= 15 is 0 Å². The van der Waals surface area contributed by atoms with E-state index < -0.39 is 0 Å². The molecule has 0 radical (unpaired) electrons. The van der Waals surface area contributed by atoms with Crippen LogP contribution in [0.5, 0.6) is 11.5 Å². The van der Waals surface area contributed by atoms with Crippen LogP contribution in [0, 0.1) is 0 Å². The van der Waals surface area contributed by atoms with Gasteiger partial charge in [0.1, 0.15) is 0 Å². The number of nitrogens with two attached hydrogens (primary N) is 1. The van der Waals surface area contributed by atoms with E-state index in [-0.39, 0.29) is 11.8 Å². The van der Waals surface area contributed by atoms with Gasteiger partial charge in [0.2, 0.25) is 0 Å². The first-order valence-electron chi connectivity index (χ1n) is 4.97. The van der Waals surface area contributed by atoms with Crippen molar-refractivity contribution in [1.82, 2.24) is 0 Å². The minimum absolute atomic E-state index is 0.0915. The summed E-state index contributed by atoms with van der Waals surface area (Å²) in [6.07, 6.45) is 0. The quantitative estimate of drug-likeness (QED) is 0.914. The highest BCUT2D eigenvalue weighted by Crippen LogP contribution is 2.37. The Kier molecular flexibility index (Phi) is 3.71. The predicted molar refractivity (Wildman–Crippen MR) is 72.7 cm³/mol. The number of benzene rings is 1. The molecule has 0 amide bonds. The first kappa shape index (κ1) is 12.4. The van der Waals surface area contributed by atoms with E-state index in [0.717, 1.165) is 11.1 Å². The van der Waals surface area contributed by atoms with Crippen LogP contribution in [-0.2, 0) is 0 Å². The van der Waals surface area contributed by atoms with Crippen LogP contribution in [0.15, 0.2) is 33.4 Å². The molecular formula is C12H12BrNO2S. The molecule has 1 heterocycles. The van der Waals surface area contributed by atoms with E-state index in [1.807, 2.05) is 16.8 Å². The third-order valence-electron chi connectivity index (χ3n) is 2.53. The number of phenols is 1. The van der Waals surface area contributed by atoms with E-state index in [2.05, 4.69) is 15.9 Å². The van der Waals surface area contributed by atoms with E-state index in [1.165, 1.54) is 7.11 Å². The van der Waals surface area contributed by atoms with Crippen molar-refractivity contribution in [3.05, 3.63) is 44.6 Å². The fourth-order valence-electron chi connectivity index (χ4n) is 1.57. The lowest BCUT2D eigenvalue weighted by molar-refractivity contribution is 0.371. The molecular weight excluding hydrogens is 302 g/mol. The van der Waals surface area contributed by atoms with Gasteiger partial charge in [0.15, 0.2) is 11.5 Å². The molecule has 1 atom stereocenters. The molecule has 0 fully saturated rings. The zero-order valence-corrected chi connectivity index (χ0v) is 11.6. The summed E-state index contributed by atoms with van der Waals surface area (Å²) < 4.78 is 5.68. The highest BCUT2D eigenvalue weighted by atomic mass is 79.9. The van der Waals surface area contributed by atoms with E-state index in [1.54, 1.807) is 23.5 Å². The molecule has 0 bridgehead atoms. The van der Waals surface area contributed by atoms with Crippen LogP contribution in [0.1, 0.15) is 17.2 Å². The van der Waals surface area contributed by atoms with Crippen molar-refractivity contribution in [3.8, 4) is 11.5 Å². The first-order chi connectivity index (χ1) is 8.13. The standard InChI is InChI=1S/C12H12BrNO2S/c1-16-10-5-8(4-9(13)12(10)15)11(14)7-2-3-17-6-7/h2-6,11,15H,14H2,1H3/t11-/m0/s1. The highest BCUT2D eigenvalue weighted by Gasteiger charge is 2.14. The Morgan fingerprint density at radius 2 is 2.18 bits per heavy atom. The average molecular weight is 314 g/mol. The number of rotatable bonds is 3. The van der Waals surface area contributed by atoms with Gasteiger partial charge in [-0.1, -0.05) is 0 Å². The van der Waals surface area contributed by atoms with Crippen LogP contribution in [0.25, 0.3) is 0 Å². The molecule has 5 heteroatoms. The third-order valence-corrected chi connectivity index (χ3v) is 3.84. The molecule has 0 aliphatic carbocycles. The van der Waals surface area contributed by atoms with E-state index in [9.17, 15) is 5.11 Å². The number of aromatic hydroxyl groups is 1. The Morgan fingerprint density at radius 3 is 2.76 bits per heavy atom. The number of hydrogen-bond acceptors (Lipinski definition) is 4. The van der Waals surface area contributed by atoms with Gasteiger partial charge in [-0.25, -0.2) is 0 Å². The Bertz CT molecular complexity index is 513. The topological polar surface area (TPSA) is 55.5 Å². The molecule has 0 spiro atoms. The predicted octanol–water partition coefficient (Wildman–Crippen LogP) is 3.27. The molecule has 0 unspecified atom stereocenters. The summed E-state index contributed by atoms with van der Waals surface area (Å²) in [5.74, 6) is 0.508. The maximum absolute atomic E-state index is 9.72. The molecule has 0 saturated heterocycles. The Morgan fingerprint density at radius 1 is 1.41 bits per heavy atom. The van der Waals surface area contributed by atoms with Crippen LogP contribution in [0.4, 0.5) is 0 Å². The summed E-state index contributed by atoms with van der Waals surface area (Å²) in [7, 11) is 1.52. The lowest BCUT2D eigenvalue weighted by Crippen LogP contribution is -2.11. The van der Waals surface area contributed by atoms with Crippen molar-refractivity contribution in [2.24, 2.45) is 5.73 Å². The fourth-order valence-corrected chi connectivity index (χ4v) is 2.73. The van der Waals surface area contributed by atoms with Gasteiger partial charge in [-0.2, -0.15) is 11.3 Å². The van der Waals surface area contributed by atoms with Gasteiger partial charge < -0.3 is 15.6 Å². The lowest BCUT2D eigenvalue weighted by Gasteiger charge is -2.14. The SMILES string of the molecule is COc1cc([C@@H](N)c2ccsc2)cc(Br)c1O. The minimum Gasteiger partial charge on any atom is -0.503 e. The van der Waals surface area contributed by atoms with Gasteiger partial charge in [-0.05, 0) is 56.0 Å². The summed E-state index contributed by atoms with van der Waals surface area (Å²) in [5, 5.41) is 13.7. The monoisotopic (exact) mass is 313 g/mol. The van der Waals surface area contributed by atoms with Crippen LogP contribution in [0.3, 0.4) is 0 Å². The normalized spacial score (nSPS) is 12.4. The summed E-state index contributed by atoms with van der Waals surface area (Å²) in [4.78, 5) is 0. The minimum atomic E-state index is -0.216. The van der Waals surface area contributed by atoms with E-state index in [0.29, 0.717) is 10.2 Å². The largest absolute Gasteiger partial charge is 0.503 e. The molecule has 2 aromatic rings. The molecule has 3 nitrogen and oxygen atoms in total. The number of halogens is 1. The first-order valence-corrected chi connectivity index (χ1v) is 6.71. The molecule has 2 rings (SSSR count). The molecule has 90 valence electrons. The maximum atomic E-state index is 9.72. The van der Waals surface area contributed by atoms with Gasteiger partial charge in [-0.3, -0.25) is 0 Å². The zero-order valence-electron chi connectivity index (χ0n) is 9.18. The molecule has 0 aliphatic heterocycles. The second-order valence-electron chi connectivity index (χ2n) is 3.59. The second kappa shape index (κ2) is 5.08. The Hall–Kier alpha value is -1.04. The molecule has 3 N–H and O–H groups in total. The van der Waals surface area contributed by atoms with Gasteiger partial charge in [0.25, 0.3) is 0 Å². The van der Waals surface area contributed by atoms with Gasteiger partial charge in [0.05, 0.1) is 17.6 Å². The van der Waals surface area contributed by atoms with Crippen molar-refractivity contribution in [3.63, 3.8) is 0 Å². The van der Waals surface area contributed by atoms with E-state index in [4.69, 9.17) is 10.5 Å². The second-order valence-corrected chi connectivity index (χ2v) is 5.22. The van der Waals surface area contributed by atoms with Crippen molar-refractivity contribution in [2.45, 2.75) is 6.04 Å². The number of phenolic OH excluding ortho intramolecular Hbond substituents is 1. The Balaban J connectivity index is 2.43. The average Bonchev–Trinajstić information content (AvgIpc) is 2.85. The summed E-state index contributed by atoms with van der Waals surface area (Å²) in [6, 6.07) is 5.33. The molecule has 17 heavy (non-hydrogen) atoms. The maximum Gasteiger partial charge on any atom is 0.172 e. The molecule has 1 aromatic carbocycles. The molecule has 0 aliphatic rings. The number of methoxy groups -OCH3 is 1. The number of thiophene rings is 1. The van der Waals surface area contributed by atoms with Gasteiger partial charge >= 0.3 is 0 Å². The third kappa shape index (κ3) is 2.46. The van der Waals surface area contributed by atoms with Crippen LogP contribution in [0.2, 0.25) is 0 Å². The van der Waals surface area contributed by atoms with Crippen molar-refractivity contribution in [2.75, 3.05) is 7.11 Å². The van der Waals surface area contributed by atoms with Crippen LogP contribution >= 0.6 is 27.3 Å². The summed E-state index contributed by atoms with van der Waals surface area (Å²) in [5.41, 5.74) is 8.10. The van der Waals surface area contributed by atoms with Crippen molar-refractivity contribution in [1.29, 1.82) is 0 Å². The van der Waals surface area contributed by atoms with Gasteiger partial charge in [0, 0.05) is 0 Å². The van der Waals surface area contributed by atoms with Crippen LogP contribution < -0.4 is 10.5 Å². The Labute approximate surface area is 112 Å². The molecule has 0 saturated carbocycles. The summed E-state index contributed by atoms with van der Waals surface area (Å²) in [6.45, 7) is 0. The number of hydrogen-bond donors (Lipinski definition) is 2. The van der Waals surface area contributed by atoms with Crippen molar-refractivity contribution < 1.29 is 9.84 Å². The highest BCUT2D eigenvalue weighted by molar-refractivity contribution is 9.10. The lowest BCUT2D eigenvalue weighted by atomic mass is 10.0.